The third-order valence-electron chi connectivity index (χ3n) is 7.06. The van der Waals surface area contributed by atoms with Gasteiger partial charge in [0.25, 0.3) is 11.8 Å². The number of hydrogen-bond donors (Lipinski definition) is 2. The van der Waals surface area contributed by atoms with E-state index in [0.29, 0.717) is 50.3 Å². The molecule has 4 heterocycles. The van der Waals surface area contributed by atoms with E-state index in [1.165, 1.54) is 30.7 Å². The summed E-state index contributed by atoms with van der Waals surface area (Å²) in [6, 6.07) is 5.20. The van der Waals surface area contributed by atoms with Crippen molar-refractivity contribution in [2.24, 2.45) is 0 Å². The van der Waals surface area contributed by atoms with E-state index in [2.05, 4.69) is 25.9 Å². The van der Waals surface area contributed by atoms with Crippen molar-refractivity contribution >= 4 is 23.3 Å². The number of hydrogen-bond acceptors (Lipinski definition) is 9. The number of nitrogens with one attached hydrogen (secondary N) is 2. The first-order valence-corrected chi connectivity index (χ1v) is 12.7. The molecule has 39 heavy (non-hydrogen) atoms. The Bertz CT molecular complexity index is 1310. The lowest BCUT2D eigenvalue weighted by atomic mass is 9.91. The van der Waals surface area contributed by atoms with Crippen molar-refractivity contribution in [3.63, 3.8) is 0 Å². The number of carbonyl (C=O) groups excluding carboxylic acids is 3. The third kappa shape index (κ3) is 5.99. The number of anilines is 1. The summed E-state index contributed by atoms with van der Waals surface area (Å²) in [7, 11) is 0. The van der Waals surface area contributed by atoms with Crippen LogP contribution in [0.15, 0.2) is 49.1 Å². The normalized spacial score (nSPS) is 19.7. The zero-order valence-corrected chi connectivity index (χ0v) is 21.1. The van der Waals surface area contributed by atoms with Crippen LogP contribution in [-0.4, -0.2) is 94.3 Å². The standard InChI is InChI=1S/C26H28F2N8O3/c27-21-12-18(20-3-5-30-23(20)26(39)36-7-6-32-33-36)13-22(28)24(21)35-10-8-34(9-11-35)16-19(37)15-31-25(38)17-2-1-4-29-14-17/h1-2,4,6-7,12-14,20,23,30H,3,5,8-11,15-16H2,(H,31,38)/t20-,23-/m1/s1. The molecule has 0 saturated carbocycles. The fourth-order valence-corrected chi connectivity index (χ4v) is 5.10. The van der Waals surface area contributed by atoms with Gasteiger partial charge >= 0.3 is 0 Å². The molecule has 2 aliphatic heterocycles. The second-order valence-corrected chi connectivity index (χ2v) is 9.57. The minimum atomic E-state index is -0.688. The van der Waals surface area contributed by atoms with E-state index in [4.69, 9.17) is 0 Å². The molecule has 2 saturated heterocycles. The van der Waals surface area contributed by atoms with E-state index in [1.54, 1.807) is 23.2 Å². The quantitative estimate of drug-likeness (QED) is 0.430. The van der Waals surface area contributed by atoms with Crippen LogP contribution in [-0.2, 0) is 4.79 Å². The number of amides is 1. The van der Waals surface area contributed by atoms with Gasteiger partial charge in [0, 0.05) is 44.5 Å². The molecule has 2 aliphatic rings. The van der Waals surface area contributed by atoms with Gasteiger partial charge < -0.3 is 15.5 Å². The Morgan fingerprint density at radius 3 is 2.51 bits per heavy atom. The first-order chi connectivity index (χ1) is 18.9. The molecular weight excluding hydrogens is 510 g/mol. The highest BCUT2D eigenvalue weighted by Gasteiger charge is 2.36. The Morgan fingerprint density at radius 1 is 1.08 bits per heavy atom. The van der Waals surface area contributed by atoms with Gasteiger partial charge in [0.15, 0.2) is 5.78 Å². The Balaban J connectivity index is 1.16. The molecule has 11 nitrogen and oxygen atoms in total. The van der Waals surface area contributed by atoms with E-state index < -0.39 is 23.6 Å². The molecule has 3 aromatic rings. The van der Waals surface area contributed by atoms with Crippen LogP contribution in [0.5, 0.6) is 0 Å². The van der Waals surface area contributed by atoms with Crippen molar-refractivity contribution in [3.8, 4) is 0 Å². The van der Waals surface area contributed by atoms with Crippen molar-refractivity contribution in [1.29, 1.82) is 0 Å². The van der Waals surface area contributed by atoms with Gasteiger partial charge in [-0.2, -0.15) is 4.68 Å². The molecule has 1 aromatic carbocycles. The molecule has 0 aliphatic carbocycles. The van der Waals surface area contributed by atoms with E-state index in [-0.39, 0.29) is 36.4 Å². The van der Waals surface area contributed by atoms with Gasteiger partial charge in [-0.25, -0.2) is 8.78 Å². The predicted molar refractivity (Wildman–Crippen MR) is 136 cm³/mol. The van der Waals surface area contributed by atoms with Gasteiger partial charge in [-0.1, -0.05) is 5.21 Å². The number of piperazine rings is 1. The van der Waals surface area contributed by atoms with Gasteiger partial charge in [-0.05, 0) is 42.8 Å². The lowest BCUT2D eigenvalue weighted by molar-refractivity contribution is -0.119. The predicted octanol–water partition coefficient (Wildman–Crippen LogP) is 0.858. The van der Waals surface area contributed by atoms with Crippen molar-refractivity contribution < 1.29 is 23.2 Å². The smallest absolute Gasteiger partial charge is 0.266 e. The number of Topliss-reactive ketones (excluding diaryl/α,β-unsaturated/α-hetero) is 1. The highest BCUT2D eigenvalue weighted by molar-refractivity contribution is 5.96. The number of carbonyl (C=O) groups is 3. The van der Waals surface area contributed by atoms with Crippen LogP contribution in [0, 0.1) is 11.6 Å². The molecule has 13 heteroatoms. The first-order valence-electron chi connectivity index (χ1n) is 12.7. The second kappa shape index (κ2) is 11.7. The summed E-state index contributed by atoms with van der Waals surface area (Å²) in [4.78, 5) is 44.6. The van der Waals surface area contributed by atoms with Crippen molar-refractivity contribution in [1.82, 2.24) is 35.5 Å². The van der Waals surface area contributed by atoms with Crippen LogP contribution >= 0.6 is 0 Å². The topological polar surface area (TPSA) is 125 Å². The maximum Gasteiger partial charge on any atom is 0.266 e. The maximum absolute atomic E-state index is 15.2. The summed E-state index contributed by atoms with van der Waals surface area (Å²) in [5.41, 5.74) is 0.670. The Morgan fingerprint density at radius 2 is 1.85 bits per heavy atom. The number of benzene rings is 1. The molecule has 0 unspecified atom stereocenters. The molecular formula is C26H28F2N8O3. The fourth-order valence-electron chi connectivity index (χ4n) is 5.10. The van der Waals surface area contributed by atoms with Crippen LogP contribution in [0.4, 0.5) is 14.5 Å². The molecule has 0 spiro atoms. The van der Waals surface area contributed by atoms with Crippen LogP contribution < -0.4 is 15.5 Å². The van der Waals surface area contributed by atoms with Crippen LogP contribution in [0.2, 0.25) is 0 Å². The molecule has 2 atom stereocenters. The van der Waals surface area contributed by atoms with Crippen molar-refractivity contribution in [2.45, 2.75) is 18.4 Å². The van der Waals surface area contributed by atoms with Crippen LogP contribution in [0.3, 0.4) is 0 Å². The van der Waals surface area contributed by atoms with E-state index in [0.717, 1.165) is 4.68 Å². The van der Waals surface area contributed by atoms with Crippen molar-refractivity contribution in [3.05, 3.63) is 71.8 Å². The van der Waals surface area contributed by atoms with Crippen LogP contribution in [0.1, 0.15) is 33.1 Å². The van der Waals surface area contributed by atoms with Gasteiger partial charge in [0.05, 0.1) is 37.1 Å². The largest absolute Gasteiger partial charge is 0.364 e. The third-order valence-corrected chi connectivity index (χ3v) is 7.06. The minimum absolute atomic E-state index is 0.112. The number of nitrogens with zero attached hydrogens (tertiary/aromatic N) is 6. The monoisotopic (exact) mass is 538 g/mol. The Kier molecular flexibility index (Phi) is 7.98. The molecule has 1 amide bonds. The molecule has 5 rings (SSSR count). The number of halogens is 2. The highest BCUT2D eigenvalue weighted by Crippen LogP contribution is 2.34. The number of rotatable bonds is 8. The zero-order chi connectivity index (χ0) is 27.4. The average Bonchev–Trinajstić information content (AvgIpc) is 3.65. The van der Waals surface area contributed by atoms with E-state index in [9.17, 15) is 14.4 Å². The van der Waals surface area contributed by atoms with Gasteiger partial charge in [0.2, 0.25) is 0 Å². The second-order valence-electron chi connectivity index (χ2n) is 9.57. The summed E-state index contributed by atoms with van der Waals surface area (Å²) in [6.45, 7) is 2.08. The van der Waals surface area contributed by atoms with Crippen molar-refractivity contribution in [2.75, 3.05) is 50.7 Å². The number of pyridine rings is 1. The Hall–Kier alpha value is -4.10. The van der Waals surface area contributed by atoms with Gasteiger partial charge in [0.1, 0.15) is 17.3 Å². The van der Waals surface area contributed by atoms with E-state index in [1.807, 2.05) is 4.90 Å². The summed E-state index contributed by atoms with van der Waals surface area (Å²) < 4.78 is 31.6. The highest BCUT2D eigenvalue weighted by atomic mass is 19.1. The molecule has 204 valence electrons. The van der Waals surface area contributed by atoms with Gasteiger partial charge in [-0.15, -0.1) is 5.10 Å². The summed E-state index contributed by atoms with van der Waals surface area (Å²) in [5, 5.41) is 13.1. The average molecular weight is 539 g/mol. The fraction of sp³-hybridized carbons (Fsp3) is 0.385. The lowest BCUT2D eigenvalue weighted by Crippen LogP contribution is -2.49. The molecule has 0 bridgehead atoms. The molecule has 2 N–H and O–H groups in total. The number of ketones is 1. The Labute approximate surface area is 223 Å². The van der Waals surface area contributed by atoms with Gasteiger partial charge in [-0.3, -0.25) is 24.3 Å². The summed E-state index contributed by atoms with van der Waals surface area (Å²) in [5.74, 6) is -2.65. The minimum Gasteiger partial charge on any atom is -0.364 e. The summed E-state index contributed by atoms with van der Waals surface area (Å²) >= 11 is 0. The molecule has 2 aromatic heterocycles. The molecule has 2 fully saturated rings. The lowest BCUT2D eigenvalue weighted by Gasteiger charge is -2.36. The molecule has 0 radical (unpaired) electrons. The zero-order valence-electron chi connectivity index (χ0n) is 21.1. The number of aromatic nitrogens is 4. The van der Waals surface area contributed by atoms with Crippen LogP contribution in [0.25, 0.3) is 0 Å². The summed E-state index contributed by atoms with van der Waals surface area (Å²) in [6.07, 6.45) is 6.37. The van der Waals surface area contributed by atoms with E-state index >= 15 is 8.78 Å². The first kappa shape index (κ1) is 26.5. The maximum atomic E-state index is 15.2. The SMILES string of the molecule is O=C(CNC(=O)c1cccnc1)CN1CCN(c2c(F)cc([C@H]3CCN[C@H]3C(=O)n3ccnn3)cc2F)CC1.